The van der Waals surface area contributed by atoms with Gasteiger partial charge in [-0.3, -0.25) is 0 Å². The Hall–Kier alpha value is -7.04. The lowest BCUT2D eigenvalue weighted by atomic mass is 9.91. The first-order valence-corrected chi connectivity index (χ1v) is 17.5. The fraction of sp³-hybridized carbons (Fsp3) is 0. The number of nitrogens with zero attached hydrogens (tertiary/aromatic N) is 2. The molecule has 0 aliphatic rings. The van der Waals surface area contributed by atoms with Crippen LogP contribution in [0.15, 0.2) is 179 Å². The molecule has 242 valence electrons. The van der Waals surface area contributed by atoms with E-state index in [0.29, 0.717) is 0 Å². The predicted octanol–water partition coefficient (Wildman–Crippen LogP) is 13.2. The molecule has 4 aromatic heterocycles. The average molecular weight is 665 g/mol. The van der Waals surface area contributed by atoms with E-state index in [1.807, 2.05) is 42.5 Å². The van der Waals surface area contributed by atoms with Gasteiger partial charge in [0.15, 0.2) is 0 Å². The molecule has 11 aromatic rings. The van der Waals surface area contributed by atoms with Crippen molar-refractivity contribution in [1.82, 2.24) is 9.97 Å². The topological polar surface area (TPSA) is 52.1 Å². The molecule has 0 saturated heterocycles. The van der Waals surface area contributed by atoms with Gasteiger partial charge in [0.25, 0.3) is 0 Å². The molecule has 0 spiro atoms. The summed E-state index contributed by atoms with van der Waals surface area (Å²) in [4.78, 5) is 10.6. The van der Waals surface area contributed by atoms with E-state index < -0.39 is 0 Å². The minimum absolute atomic E-state index is 0.865. The molecule has 0 unspecified atom stereocenters. The molecule has 4 heteroatoms. The summed E-state index contributed by atoms with van der Waals surface area (Å²) in [6.45, 7) is 0. The number of para-hydroxylation sites is 2. The van der Waals surface area contributed by atoms with Crippen LogP contribution in [0.25, 0.3) is 110 Å². The second kappa shape index (κ2) is 11.2. The zero-order chi connectivity index (χ0) is 34.2. The molecular weight excluding hydrogens is 637 g/mol. The van der Waals surface area contributed by atoms with Crippen molar-refractivity contribution in [1.29, 1.82) is 0 Å². The van der Waals surface area contributed by atoms with E-state index in [1.165, 1.54) is 0 Å². The number of furan rings is 2. The summed E-state index contributed by atoms with van der Waals surface area (Å²) in [6.07, 6.45) is 0. The fourth-order valence-corrected chi connectivity index (χ4v) is 7.82. The smallest absolute Gasteiger partial charge is 0.136 e. The second-order valence-corrected chi connectivity index (χ2v) is 13.3. The Morgan fingerprint density at radius 2 is 0.769 bits per heavy atom. The maximum atomic E-state index is 6.34. The van der Waals surface area contributed by atoms with Crippen LogP contribution < -0.4 is 0 Å². The number of hydrogen-bond donors (Lipinski definition) is 0. The zero-order valence-corrected chi connectivity index (χ0v) is 27.9. The Morgan fingerprint density at radius 3 is 1.33 bits per heavy atom. The van der Waals surface area contributed by atoms with Gasteiger partial charge in [0.2, 0.25) is 0 Å². The third-order valence-electron chi connectivity index (χ3n) is 10.2. The Bertz CT molecular complexity index is 3060. The molecule has 0 amide bonds. The Balaban J connectivity index is 1.19. The van der Waals surface area contributed by atoms with Gasteiger partial charge in [-0.2, -0.15) is 0 Å². The molecule has 11 rings (SSSR count). The van der Waals surface area contributed by atoms with Crippen LogP contribution in [-0.4, -0.2) is 9.97 Å². The highest BCUT2D eigenvalue weighted by Gasteiger charge is 2.18. The van der Waals surface area contributed by atoms with E-state index in [4.69, 9.17) is 18.8 Å². The van der Waals surface area contributed by atoms with Crippen LogP contribution in [-0.2, 0) is 0 Å². The van der Waals surface area contributed by atoms with Crippen molar-refractivity contribution in [3.8, 4) is 44.8 Å². The van der Waals surface area contributed by atoms with Crippen LogP contribution in [0.4, 0.5) is 0 Å². The molecule has 0 bridgehead atoms. The molecule has 0 radical (unpaired) electrons. The molecule has 0 atom stereocenters. The highest BCUT2D eigenvalue weighted by molar-refractivity contribution is 6.15. The first-order chi connectivity index (χ1) is 25.7. The van der Waals surface area contributed by atoms with E-state index in [2.05, 4.69) is 127 Å². The van der Waals surface area contributed by atoms with Crippen LogP contribution in [0.3, 0.4) is 0 Å². The number of aromatic nitrogens is 2. The van der Waals surface area contributed by atoms with Crippen LogP contribution in [0.5, 0.6) is 0 Å². The minimum atomic E-state index is 0.865. The van der Waals surface area contributed by atoms with E-state index in [9.17, 15) is 0 Å². The van der Waals surface area contributed by atoms with E-state index in [-0.39, 0.29) is 0 Å². The van der Waals surface area contributed by atoms with Crippen molar-refractivity contribution >= 4 is 65.7 Å². The lowest BCUT2D eigenvalue weighted by Crippen LogP contribution is -1.92. The standard InChI is InChI=1S/C48H28N2O2/c1-2-10-29(11-3-1)39-24-22-30-20-21-31-23-25-40(50-48(31)47(30)49-39)34-27-32(35-14-8-18-43-45(35)37-12-4-6-16-41(37)51-43)26-33(28-34)36-15-9-19-44-46(36)38-13-5-7-17-42(38)52-44/h1-28H. The first-order valence-electron chi connectivity index (χ1n) is 17.5. The van der Waals surface area contributed by atoms with Crippen LogP contribution in [0.1, 0.15) is 0 Å². The quantitative estimate of drug-likeness (QED) is 0.176. The van der Waals surface area contributed by atoms with Gasteiger partial charge in [-0.25, -0.2) is 9.97 Å². The molecule has 7 aromatic carbocycles. The number of benzene rings is 7. The third kappa shape index (κ3) is 4.48. The average Bonchev–Trinajstić information content (AvgIpc) is 3.79. The van der Waals surface area contributed by atoms with Gasteiger partial charge in [-0.05, 0) is 76.9 Å². The highest BCUT2D eigenvalue weighted by atomic mass is 16.3. The number of hydrogen-bond acceptors (Lipinski definition) is 4. The SMILES string of the molecule is c1ccc(-c2ccc3ccc4ccc(-c5cc(-c6cccc7oc8ccccc8c67)cc(-c6cccc7oc8ccccc8c67)c5)nc4c3n2)cc1. The fourth-order valence-electron chi connectivity index (χ4n) is 7.82. The van der Waals surface area contributed by atoms with E-state index in [1.54, 1.807) is 0 Å². The largest absolute Gasteiger partial charge is 0.456 e. The number of pyridine rings is 2. The minimum Gasteiger partial charge on any atom is -0.456 e. The zero-order valence-electron chi connectivity index (χ0n) is 27.9. The van der Waals surface area contributed by atoms with Crippen LogP contribution in [0.2, 0.25) is 0 Å². The van der Waals surface area contributed by atoms with E-state index >= 15 is 0 Å². The second-order valence-electron chi connectivity index (χ2n) is 13.3. The Kier molecular flexibility index (Phi) is 6.22. The van der Waals surface area contributed by atoms with Crippen LogP contribution >= 0.6 is 0 Å². The van der Waals surface area contributed by atoms with Crippen molar-refractivity contribution in [2.24, 2.45) is 0 Å². The van der Waals surface area contributed by atoms with Crippen LogP contribution in [0, 0.1) is 0 Å². The van der Waals surface area contributed by atoms with Gasteiger partial charge in [0.1, 0.15) is 22.3 Å². The summed E-state index contributed by atoms with van der Waals surface area (Å²) in [7, 11) is 0. The maximum absolute atomic E-state index is 6.34. The molecular formula is C48H28N2O2. The molecule has 0 N–H and O–H groups in total. The highest BCUT2D eigenvalue weighted by Crippen LogP contribution is 2.42. The van der Waals surface area contributed by atoms with Gasteiger partial charge >= 0.3 is 0 Å². The molecule has 4 nitrogen and oxygen atoms in total. The normalized spacial score (nSPS) is 11.8. The van der Waals surface area contributed by atoms with Crippen molar-refractivity contribution in [3.05, 3.63) is 170 Å². The summed E-state index contributed by atoms with van der Waals surface area (Å²) >= 11 is 0. The lowest BCUT2D eigenvalue weighted by Gasteiger charge is -2.13. The first kappa shape index (κ1) is 28.8. The Labute approximate surface area is 298 Å². The van der Waals surface area contributed by atoms with Gasteiger partial charge in [-0.1, -0.05) is 115 Å². The van der Waals surface area contributed by atoms with Crippen molar-refractivity contribution in [3.63, 3.8) is 0 Å². The summed E-state index contributed by atoms with van der Waals surface area (Å²) in [5, 5.41) is 6.50. The van der Waals surface area contributed by atoms with Gasteiger partial charge in [0.05, 0.1) is 22.4 Å². The maximum Gasteiger partial charge on any atom is 0.136 e. The lowest BCUT2D eigenvalue weighted by molar-refractivity contribution is 0.668. The molecule has 0 aliphatic carbocycles. The summed E-state index contributed by atoms with van der Waals surface area (Å²) < 4.78 is 12.7. The molecule has 52 heavy (non-hydrogen) atoms. The molecule has 4 heterocycles. The third-order valence-corrected chi connectivity index (χ3v) is 10.2. The van der Waals surface area contributed by atoms with Crippen molar-refractivity contribution in [2.45, 2.75) is 0 Å². The number of rotatable bonds is 4. The van der Waals surface area contributed by atoms with Gasteiger partial charge < -0.3 is 8.83 Å². The number of fused-ring (bicyclic) bond motifs is 9. The monoisotopic (exact) mass is 664 g/mol. The van der Waals surface area contributed by atoms with Gasteiger partial charge in [-0.15, -0.1) is 0 Å². The summed E-state index contributed by atoms with van der Waals surface area (Å²) in [5.41, 5.74) is 13.5. The summed E-state index contributed by atoms with van der Waals surface area (Å²) in [6, 6.07) is 59.1. The molecule has 0 aliphatic heterocycles. The van der Waals surface area contributed by atoms with Crippen molar-refractivity contribution < 1.29 is 8.83 Å². The molecule has 0 fully saturated rings. The molecule has 0 saturated carbocycles. The Morgan fingerprint density at radius 1 is 0.327 bits per heavy atom. The van der Waals surface area contributed by atoms with E-state index in [0.717, 1.165) is 110 Å². The summed E-state index contributed by atoms with van der Waals surface area (Å²) in [5.74, 6) is 0. The van der Waals surface area contributed by atoms with Crippen molar-refractivity contribution in [2.75, 3.05) is 0 Å². The van der Waals surface area contributed by atoms with Gasteiger partial charge in [0, 0.05) is 43.4 Å². The predicted molar refractivity (Wildman–Crippen MR) is 213 cm³/mol.